The highest BCUT2D eigenvalue weighted by molar-refractivity contribution is 6.04. The lowest BCUT2D eigenvalue weighted by Crippen LogP contribution is -2.31. The summed E-state index contributed by atoms with van der Waals surface area (Å²) in [5.74, 6) is -1.44. The molecule has 0 bridgehead atoms. The number of rotatable bonds is 0. The molecule has 4 nitrogen and oxygen atoms in total. The Balaban J connectivity index is 1.98. The van der Waals surface area contributed by atoms with Gasteiger partial charge in [0.25, 0.3) is 11.8 Å². The van der Waals surface area contributed by atoms with Gasteiger partial charge in [-0.1, -0.05) is 25.0 Å². The standard InChI is InChI=1S/C14H19NO3/c1-14(2)5-3-4-8-6-9-10(7-11(8)14)13(17)15(18)12(9)16/h9-10,18H,3-7H2,1-2H3/t9-,10+/m0/s1. The van der Waals surface area contributed by atoms with Crippen molar-refractivity contribution in [2.24, 2.45) is 17.3 Å². The van der Waals surface area contributed by atoms with Crippen molar-refractivity contribution in [2.75, 3.05) is 0 Å². The third-order valence-electron chi connectivity index (χ3n) is 4.95. The van der Waals surface area contributed by atoms with Crippen molar-refractivity contribution in [1.29, 1.82) is 0 Å². The number of hydrogen-bond donors (Lipinski definition) is 1. The van der Waals surface area contributed by atoms with Crippen molar-refractivity contribution in [1.82, 2.24) is 5.06 Å². The average molecular weight is 249 g/mol. The summed E-state index contributed by atoms with van der Waals surface area (Å²) in [5, 5.41) is 9.82. The Bertz CT molecular complexity index is 464. The zero-order valence-corrected chi connectivity index (χ0v) is 10.9. The first kappa shape index (κ1) is 11.9. The summed E-state index contributed by atoms with van der Waals surface area (Å²) < 4.78 is 0. The third-order valence-corrected chi connectivity index (χ3v) is 4.95. The molecule has 0 radical (unpaired) electrons. The van der Waals surface area contributed by atoms with Gasteiger partial charge in [-0.25, -0.2) is 0 Å². The molecule has 0 aromatic heterocycles. The van der Waals surface area contributed by atoms with Crippen LogP contribution in [0.5, 0.6) is 0 Å². The summed E-state index contributed by atoms with van der Waals surface area (Å²) >= 11 is 0. The van der Waals surface area contributed by atoms with Crippen LogP contribution in [0.25, 0.3) is 0 Å². The van der Waals surface area contributed by atoms with Crippen LogP contribution < -0.4 is 0 Å². The molecule has 2 atom stereocenters. The van der Waals surface area contributed by atoms with Gasteiger partial charge in [0.2, 0.25) is 0 Å². The number of fused-ring (bicyclic) bond motifs is 1. The van der Waals surface area contributed by atoms with E-state index in [1.165, 1.54) is 11.1 Å². The van der Waals surface area contributed by atoms with Gasteiger partial charge in [-0.05, 0) is 37.5 Å². The normalized spacial score (nSPS) is 34.7. The molecule has 98 valence electrons. The fourth-order valence-corrected chi connectivity index (χ4v) is 3.88. The van der Waals surface area contributed by atoms with Crippen molar-refractivity contribution in [3.63, 3.8) is 0 Å². The Labute approximate surface area is 107 Å². The molecule has 1 N–H and O–H groups in total. The Morgan fingerprint density at radius 3 is 2.44 bits per heavy atom. The molecule has 2 amide bonds. The Hall–Kier alpha value is -1.16. The minimum Gasteiger partial charge on any atom is -0.278 e. The molecule has 0 spiro atoms. The summed E-state index contributed by atoms with van der Waals surface area (Å²) in [6.45, 7) is 4.44. The first-order valence-electron chi connectivity index (χ1n) is 6.70. The Morgan fingerprint density at radius 1 is 1.17 bits per heavy atom. The van der Waals surface area contributed by atoms with E-state index in [-0.39, 0.29) is 17.3 Å². The predicted octanol–water partition coefficient (Wildman–Crippen LogP) is 2.28. The molecule has 1 saturated heterocycles. The van der Waals surface area contributed by atoms with Crippen molar-refractivity contribution in [2.45, 2.75) is 46.0 Å². The zero-order chi connectivity index (χ0) is 13.1. The van der Waals surface area contributed by atoms with Crippen molar-refractivity contribution in [3.05, 3.63) is 11.1 Å². The van der Waals surface area contributed by atoms with Gasteiger partial charge in [0.05, 0.1) is 11.8 Å². The molecule has 3 rings (SSSR count). The predicted molar refractivity (Wildman–Crippen MR) is 64.5 cm³/mol. The van der Waals surface area contributed by atoms with E-state index < -0.39 is 11.8 Å². The van der Waals surface area contributed by atoms with Crippen LogP contribution in [-0.2, 0) is 9.59 Å². The number of hydrogen-bond acceptors (Lipinski definition) is 3. The maximum atomic E-state index is 11.9. The summed E-state index contributed by atoms with van der Waals surface area (Å²) in [4.78, 5) is 23.7. The maximum Gasteiger partial charge on any atom is 0.257 e. The summed E-state index contributed by atoms with van der Waals surface area (Å²) in [5.41, 5.74) is 2.88. The van der Waals surface area contributed by atoms with E-state index in [1.807, 2.05) is 0 Å². The van der Waals surface area contributed by atoms with E-state index in [0.717, 1.165) is 19.3 Å². The molecule has 1 aliphatic heterocycles. The molecule has 2 aliphatic carbocycles. The maximum absolute atomic E-state index is 11.9. The Kier molecular flexibility index (Phi) is 2.43. The zero-order valence-electron chi connectivity index (χ0n) is 10.9. The summed E-state index contributed by atoms with van der Waals surface area (Å²) in [6, 6.07) is 0. The van der Waals surface area contributed by atoms with E-state index in [9.17, 15) is 14.8 Å². The van der Waals surface area contributed by atoms with Crippen molar-refractivity contribution < 1.29 is 14.8 Å². The average Bonchev–Trinajstić information content (AvgIpc) is 2.53. The quantitative estimate of drug-likeness (QED) is 0.407. The second-order valence-corrected chi connectivity index (χ2v) is 6.43. The van der Waals surface area contributed by atoms with Crippen LogP contribution >= 0.6 is 0 Å². The Morgan fingerprint density at radius 2 is 1.78 bits per heavy atom. The van der Waals surface area contributed by atoms with Crippen molar-refractivity contribution >= 4 is 11.8 Å². The van der Waals surface area contributed by atoms with E-state index in [4.69, 9.17) is 0 Å². The molecule has 18 heavy (non-hydrogen) atoms. The van der Waals surface area contributed by atoms with E-state index in [2.05, 4.69) is 13.8 Å². The second kappa shape index (κ2) is 3.67. The summed E-state index contributed by atoms with van der Waals surface area (Å²) in [6.07, 6.45) is 4.69. The lowest BCUT2D eigenvalue weighted by Gasteiger charge is -2.40. The SMILES string of the molecule is CC1(C)CCCC2=C1C[C@H]1C(=O)N(O)C(=O)[C@H]1C2. The third kappa shape index (κ3) is 1.48. The highest BCUT2D eigenvalue weighted by atomic mass is 16.5. The van der Waals surface area contributed by atoms with Crippen LogP contribution in [0.4, 0.5) is 0 Å². The molecule has 0 unspecified atom stereocenters. The minimum atomic E-state index is -0.405. The van der Waals surface area contributed by atoms with Gasteiger partial charge in [-0.2, -0.15) is 5.06 Å². The first-order chi connectivity index (χ1) is 8.42. The van der Waals surface area contributed by atoms with Gasteiger partial charge in [0.15, 0.2) is 0 Å². The van der Waals surface area contributed by atoms with Crippen LogP contribution in [0.2, 0.25) is 0 Å². The number of amides is 2. The van der Waals surface area contributed by atoms with Gasteiger partial charge >= 0.3 is 0 Å². The molecule has 1 heterocycles. The summed E-state index contributed by atoms with van der Waals surface area (Å²) in [7, 11) is 0. The molecule has 0 aromatic rings. The van der Waals surface area contributed by atoms with Crippen LogP contribution in [0, 0.1) is 17.3 Å². The highest BCUT2D eigenvalue weighted by Gasteiger charge is 2.51. The molecule has 3 aliphatic rings. The fourth-order valence-electron chi connectivity index (χ4n) is 3.88. The first-order valence-corrected chi connectivity index (χ1v) is 6.70. The molecule has 0 aromatic carbocycles. The van der Waals surface area contributed by atoms with Gasteiger partial charge in [0.1, 0.15) is 0 Å². The van der Waals surface area contributed by atoms with E-state index in [1.54, 1.807) is 0 Å². The number of imide groups is 1. The smallest absolute Gasteiger partial charge is 0.257 e. The fraction of sp³-hybridized carbons (Fsp3) is 0.714. The molecule has 1 fully saturated rings. The van der Waals surface area contributed by atoms with Gasteiger partial charge in [-0.3, -0.25) is 14.8 Å². The molecule has 0 saturated carbocycles. The second-order valence-electron chi connectivity index (χ2n) is 6.43. The van der Waals surface area contributed by atoms with Crippen molar-refractivity contribution in [3.8, 4) is 0 Å². The number of hydroxylamine groups is 2. The van der Waals surface area contributed by atoms with Crippen LogP contribution in [0.1, 0.15) is 46.0 Å². The van der Waals surface area contributed by atoms with Crippen LogP contribution in [0.3, 0.4) is 0 Å². The highest BCUT2D eigenvalue weighted by Crippen LogP contribution is 2.51. The van der Waals surface area contributed by atoms with E-state index in [0.29, 0.717) is 17.9 Å². The molecular formula is C14H19NO3. The lowest BCUT2D eigenvalue weighted by molar-refractivity contribution is -0.173. The minimum absolute atomic E-state index is 0.144. The molecule has 4 heteroatoms. The van der Waals surface area contributed by atoms with E-state index >= 15 is 0 Å². The lowest BCUT2D eigenvalue weighted by atomic mass is 9.63. The van der Waals surface area contributed by atoms with Crippen LogP contribution in [-0.4, -0.2) is 22.1 Å². The number of carbonyl (C=O) groups is 2. The number of nitrogens with zero attached hydrogens (tertiary/aromatic N) is 1. The van der Waals surface area contributed by atoms with Gasteiger partial charge < -0.3 is 0 Å². The van der Waals surface area contributed by atoms with Gasteiger partial charge in [-0.15, -0.1) is 0 Å². The number of allylic oxidation sites excluding steroid dienone is 2. The number of carbonyl (C=O) groups excluding carboxylic acids is 2. The van der Waals surface area contributed by atoms with Crippen LogP contribution in [0.15, 0.2) is 11.1 Å². The monoisotopic (exact) mass is 249 g/mol. The molecular weight excluding hydrogens is 230 g/mol. The largest absolute Gasteiger partial charge is 0.278 e. The topological polar surface area (TPSA) is 57.6 Å². The van der Waals surface area contributed by atoms with Gasteiger partial charge in [0, 0.05) is 0 Å².